The number of nitrogens with zero attached hydrogens (tertiary/aromatic N) is 1. The monoisotopic (exact) mass is 295 g/mol. The van der Waals surface area contributed by atoms with Crippen LogP contribution in [0.1, 0.15) is 32.3 Å². The molecule has 1 aliphatic rings. The van der Waals surface area contributed by atoms with Gasteiger partial charge in [0.05, 0.1) is 10.6 Å². The molecular formula is C16H25NO2S. The molecule has 1 aromatic carbocycles. The first-order chi connectivity index (χ1) is 9.38. The normalized spacial score (nSPS) is 19.9. The lowest BCUT2D eigenvalue weighted by molar-refractivity contribution is 0.157. The Labute approximate surface area is 122 Å². The Hall–Kier alpha value is -0.870. The van der Waals surface area contributed by atoms with E-state index in [4.69, 9.17) is 0 Å². The Kier molecular flexibility index (Phi) is 4.86. The first-order valence-electron chi connectivity index (χ1n) is 7.42. The van der Waals surface area contributed by atoms with Crippen LogP contribution < -0.4 is 0 Å². The molecule has 1 heterocycles. The van der Waals surface area contributed by atoms with Crippen molar-refractivity contribution in [1.82, 2.24) is 4.90 Å². The Morgan fingerprint density at radius 2 is 1.75 bits per heavy atom. The summed E-state index contributed by atoms with van der Waals surface area (Å²) >= 11 is 0. The minimum atomic E-state index is -3.18. The molecule has 1 aliphatic heterocycles. The number of sulfone groups is 1. The van der Waals surface area contributed by atoms with E-state index in [0.717, 1.165) is 24.6 Å². The summed E-state index contributed by atoms with van der Waals surface area (Å²) in [5.74, 6) is 0.983. The maximum absolute atomic E-state index is 12.4. The van der Waals surface area contributed by atoms with Gasteiger partial charge in [0, 0.05) is 6.04 Å². The molecule has 1 saturated heterocycles. The van der Waals surface area contributed by atoms with E-state index in [0.29, 0.717) is 4.90 Å². The molecule has 4 heteroatoms. The number of likely N-dealkylation sites (tertiary alicyclic amines) is 1. The number of piperidine rings is 1. The van der Waals surface area contributed by atoms with Gasteiger partial charge in [-0.3, -0.25) is 4.90 Å². The Balaban J connectivity index is 2.02. The van der Waals surface area contributed by atoms with Gasteiger partial charge in [-0.1, -0.05) is 24.6 Å². The smallest absolute Gasteiger partial charge is 0.179 e. The number of hydrogen-bond donors (Lipinski definition) is 0. The zero-order valence-corrected chi connectivity index (χ0v) is 13.5. The van der Waals surface area contributed by atoms with Crippen molar-refractivity contribution in [3.63, 3.8) is 0 Å². The van der Waals surface area contributed by atoms with Crippen LogP contribution >= 0.6 is 0 Å². The summed E-state index contributed by atoms with van der Waals surface area (Å²) < 4.78 is 24.9. The van der Waals surface area contributed by atoms with Gasteiger partial charge in [0.1, 0.15) is 0 Å². The molecule has 0 N–H and O–H groups in total. The third-order valence-electron chi connectivity index (χ3n) is 4.28. The van der Waals surface area contributed by atoms with E-state index < -0.39 is 9.84 Å². The zero-order valence-electron chi connectivity index (χ0n) is 12.7. The van der Waals surface area contributed by atoms with E-state index in [-0.39, 0.29) is 11.8 Å². The summed E-state index contributed by atoms with van der Waals surface area (Å²) in [6, 6.07) is 7.25. The predicted molar refractivity (Wildman–Crippen MR) is 82.7 cm³/mol. The molecule has 0 aliphatic carbocycles. The second-order valence-corrected chi connectivity index (χ2v) is 8.20. The summed E-state index contributed by atoms with van der Waals surface area (Å²) in [6.45, 7) is 8.30. The fourth-order valence-corrected chi connectivity index (χ4v) is 4.32. The lowest BCUT2D eigenvalue weighted by Crippen LogP contribution is -2.42. The van der Waals surface area contributed by atoms with Crippen molar-refractivity contribution in [2.24, 2.45) is 5.92 Å². The van der Waals surface area contributed by atoms with Gasteiger partial charge in [0.2, 0.25) is 0 Å². The summed E-state index contributed by atoms with van der Waals surface area (Å²) in [5, 5.41) is 0. The largest absolute Gasteiger partial charge is 0.300 e. The first-order valence-corrected chi connectivity index (χ1v) is 9.07. The fraction of sp³-hybridized carbons (Fsp3) is 0.625. The minimum absolute atomic E-state index is 0.0915. The van der Waals surface area contributed by atoms with E-state index in [1.165, 1.54) is 12.8 Å². The summed E-state index contributed by atoms with van der Waals surface area (Å²) in [5.41, 5.74) is 1.09. The highest BCUT2D eigenvalue weighted by Gasteiger charge is 2.25. The van der Waals surface area contributed by atoms with Gasteiger partial charge in [0.15, 0.2) is 9.84 Å². The van der Waals surface area contributed by atoms with Crippen LogP contribution in [-0.2, 0) is 9.84 Å². The van der Waals surface area contributed by atoms with Crippen molar-refractivity contribution >= 4 is 9.84 Å². The third kappa shape index (κ3) is 3.83. The van der Waals surface area contributed by atoms with E-state index in [1.54, 1.807) is 12.1 Å². The molecule has 2 rings (SSSR count). The minimum Gasteiger partial charge on any atom is -0.300 e. The number of aryl methyl sites for hydroxylation is 1. The summed E-state index contributed by atoms with van der Waals surface area (Å²) in [4.78, 5) is 2.76. The van der Waals surface area contributed by atoms with Crippen molar-refractivity contribution in [2.75, 3.05) is 18.8 Å². The van der Waals surface area contributed by atoms with Crippen LogP contribution in [0.2, 0.25) is 0 Å². The molecule has 0 amide bonds. The van der Waals surface area contributed by atoms with E-state index in [9.17, 15) is 8.42 Å². The molecule has 0 spiro atoms. The number of hydrogen-bond acceptors (Lipinski definition) is 3. The molecular weight excluding hydrogens is 270 g/mol. The van der Waals surface area contributed by atoms with Crippen LogP contribution in [0.4, 0.5) is 0 Å². The van der Waals surface area contributed by atoms with Crippen LogP contribution in [-0.4, -0.2) is 38.2 Å². The highest BCUT2D eigenvalue weighted by molar-refractivity contribution is 7.91. The van der Waals surface area contributed by atoms with Crippen molar-refractivity contribution in [3.8, 4) is 0 Å². The van der Waals surface area contributed by atoms with Crippen LogP contribution in [0.25, 0.3) is 0 Å². The summed E-state index contributed by atoms with van der Waals surface area (Å²) in [6.07, 6.45) is 2.35. The van der Waals surface area contributed by atoms with E-state index in [1.807, 2.05) is 26.0 Å². The number of rotatable bonds is 4. The molecule has 112 valence electrons. The lowest BCUT2D eigenvalue weighted by Gasteiger charge is -2.34. The van der Waals surface area contributed by atoms with Crippen LogP contribution in [0.3, 0.4) is 0 Å². The van der Waals surface area contributed by atoms with Crippen LogP contribution in [0.5, 0.6) is 0 Å². The van der Waals surface area contributed by atoms with Gasteiger partial charge in [-0.15, -0.1) is 0 Å². The maximum atomic E-state index is 12.4. The second-order valence-electron chi connectivity index (χ2n) is 6.16. The molecule has 0 saturated carbocycles. The molecule has 0 aromatic heterocycles. The van der Waals surface area contributed by atoms with Gasteiger partial charge in [-0.2, -0.15) is 0 Å². The summed E-state index contributed by atoms with van der Waals surface area (Å²) in [7, 11) is -3.18. The van der Waals surface area contributed by atoms with Gasteiger partial charge < -0.3 is 0 Å². The van der Waals surface area contributed by atoms with Crippen molar-refractivity contribution < 1.29 is 8.42 Å². The zero-order chi connectivity index (χ0) is 14.8. The van der Waals surface area contributed by atoms with E-state index >= 15 is 0 Å². The van der Waals surface area contributed by atoms with Crippen molar-refractivity contribution in [3.05, 3.63) is 29.8 Å². The quantitative estimate of drug-likeness (QED) is 0.857. The molecule has 0 unspecified atom stereocenters. The van der Waals surface area contributed by atoms with Crippen LogP contribution in [0.15, 0.2) is 29.2 Å². The van der Waals surface area contributed by atoms with Gasteiger partial charge in [-0.05, 0) is 57.8 Å². The predicted octanol–water partition coefficient (Wildman–Crippen LogP) is 2.89. The molecule has 1 aromatic rings. The average Bonchev–Trinajstić information content (AvgIpc) is 2.39. The number of benzene rings is 1. The highest BCUT2D eigenvalue weighted by atomic mass is 32.2. The lowest BCUT2D eigenvalue weighted by atomic mass is 9.98. The standard InChI is InChI=1S/C16H25NO2S/c1-13-4-6-16(7-5-13)20(18,19)12-15(3)17-10-8-14(2)9-11-17/h4-7,14-15H,8-12H2,1-3H3/t15-/m0/s1. The Morgan fingerprint density at radius 3 is 2.30 bits per heavy atom. The Morgan fingerprint density at radius 1 is 1.20 bits per heavy atom. The molecule has 1 fully saturated rings. The molecule has 20 heavy (non-hydrogen) atoms. The molecule has 1 atom stereocenters. The maximum Gasteiger partial charge on any atom is 0.179 e. The topological polar surface area (TPSA) is 37.4 Å². The van der Waals surface area contributed by atoms with Crippen molar-refractivity contribution in [2.45, 2.75) is 44.6 Å². The van der Waals surface area contributed by atoms with Crippen molar-refractivity contribution in [1.29, 1.82) is 0 Å². The first kappa shape index (κ1) is 15.5. The third-order valence-corrected chi connectivity index (χ3v) is 6.19. The second kappa shape index (κ2) is 6.27. The highest BCUT2D eigenvalue weighted by Crippen LogP contribution is 2.20. The average molecular weight is 295 g/mol. The molecule has 3 nitrogen and oxygen atoms in total. The SMILES string of the molecule is Cc1ccc(S(=O)(=O)C[C@H](C)N2CCC(C)CC2)cc1. The molecule has 0 radical (unpaired) electrons. The van der Waals surface area contributed by atoms with E-state index in [2.05, 4.69) is 11.8 Å². The van der Waals surface area contributed by atoms with Gasteiger partial charge >= 0.3 is 0 Å². The van der Waals surface area contributed by atoms with Gasteiger partial charge in [-0.25, -0.2) is 8.42 Å². The van der Waals surface area contributed by atoms with Gasteiger partial charge in [0.25, 0.3) is 0 Å². The fourth-order valence-electron chi connectivity index (χ4n) is 2.73. The Bertz CT molecular complexity index is 528. The van der Waals surface area contributed by atoms with Crippen LogP contribution in [0, 0.1) is 12.8 Å². The molecule has 0 bridgehead atoms.